The highest BCUT2D eigenvalue weighted by Gasteiger charge is 2.20. The summed E-state index contributed by atoms with van der Waals surface area (Å²) in [6.07, 6.45) is 0. The van der Waals surface area contributed by atoms with Gasteiger partial charge in [0.25, 0.3) is 0 Å². The van der Waals surface area contributed by atoms with Gasteiger partial charge in [-0.1, -0.05) is 0 Å². The highest BCUT2D eigenvalue weighted by molar-refractivity contribution is 5.79. The van der Waals surface area contributed by atoms with Gasteiger partial charge in [0.05, 0.1) is 30.3 Å². The van der Waals surface area contributed by atoms with E-state index in [9.17, 15) is 14.7 Å². The third kappa shape index (κ3) is 5.24. The summed E-state index contributed by atoms with van der Waals surface area (Å²) in [5.41, 5.74) is 3.05. The number of benzene rings is 2. The number of nitrogens with one attached hydrogen (secondary N) is 1. The summed E-state index contributed by atoms with van der Waals surface area (Å²) in [5.74, 6) is -1.64. The Hall–Kier alpha value is -3.53. The van der Waals surface area contributed by atoms with Gasteiger partial charge in [-0.25, -0.2) is 4.79 Å². The summed E-state index contributed by atoms with van der Waals surface area (Å²) in [6.45, 7) is 5.29. The zero-order valence-electron chi connectivity index (χ0n) is 15.9. The minimum atomic E-state index is -1.35. The Kier molecular flexibility index (Phi) is 6.99. The fourth-order valence-corrected chi connectivity index (χ4v) is 2.57. The molecule has 0 saturated carbocycles. The summed E-state index contributed by atoms with van der Waals surface area (Å²) in [5, 5.41) is 23.6. The van der Waals surface area contributed by atoms with E-state index < -0.39 is 18.0 Å². The number of hydrogen-bond acceptors (Lipinski definition) is 7. The van der Waals surface area contributed by atoms with Gasteiger partial charge in [0.1, 0.15) is 5.75 Å². The monoisotopic (exact) mass is 381 g/mol. The van der Waals surface area contributed by atoms with Crippen LogP contribution in [0.1, 0.15) is 35.2 Å². The van der Waals surface area contributed by atoms with Gasteiger partial charge in [-0.3, -0.25) is 0 Å². The average molecular weight is 381 g/mol. The Morgan fingerprint density at radius 3 is 2.39 bits per heavy atom. The van der Waals surface area contributed by atoms with E-state index in [1.54, 1.807) is 43.3 Å². The number of carboxylic acids is 1. The Morgan fingerprint density at radius 2 is 1.82 bits per heavy atom. The lowest BCUT2D eigenvalue weighted by Gasteiger charge is -2.25. The van der Waals surface area contributed by atoms with Gasteiger partial charge in [-0.2, -0.15) is 5.26 Å². The fourth-order valence-electron chi connectivity index (χ4n) is 2.57. The first-order valence-corrected chi connectivity index (χ1v) is 8.72. The molecule has 0 bridgehead atoms. The number of carbonyl (C=O) groups excluding carboxylic acids is 2. The van der Waals surface area contributed by atoms with Gasteiger partial charge in [-0.15, -0.1) is 0 Å². The maximum atomic E-state index is 11.8. The van der Waals surface area contributed by atoms with Crippen LogP contribution in [0.5, 0.6) is 5.75 Å². The van der Waals surface area contributed by atoms with Crippen LogP contribution in [0.2, 0.25) is 0 Å². The Bertz CT molecular complexity index is 900. The first-order chi connectivity index (χ1) is 13.3. The van der Waals surface area contributed by atoms with Crippen molar-refractivity contribution in [1.29, 1.82) is 5.26 Å². The van der Waals surface area contributed by atoms with Crippen LogP contribution in [0.4, 0.5) is 5.69 Å². The van der Waals surface area contributed by atoms with E-state index in [-0.39, 0.29) is 19.0 Å². The van der Waals surface area contributed by atoms with Crippen LogP contribution in [-0.2, 0) is 14.3 Å². The lowest BCUT2D eigenvalue weighted by atomic mass is 9.99. The molecule has 2 aromatic carbocycles. The topological polar surface area (TPSA) is 111 Å². The first kappa shape index (κ1) is 20.8. The number of aryl methyl sites for hydroxylation is 2. The zero-order chi connectivity index (χ0) is 20.7. The first-order valence-electron chi connectivity index (χ1n) is 8.72. The molecule has 0 amide bonds. The molecule has 0 spiro atoms. The molecule has 0 saturated heterocycles. The highest BCUT2D eigenvalue weighted by atomic mass is 16.6. The molecule has 0 aliphatic carbocycles. The molecule has 7 heteroatoms. The third-order valence-corrected chi connectivity index (χ3v) is 4.15. The average Bonchev–Trinajstić information content (AvgIpc) is 2.67. The molecule has 0 radical (unpaired) electrons. The van der Waals surface area contributed by atoms with E-state index in [1.165, 1.54) is 0 Å². The number of carbonyl (C=O) groups is 2. The van der Waals surface area contributed by atoms with E-state index in [4.69, 9.17) is 14.7 Å². The number of nitrogens with zero attached hydrogens (tertiary/aromatic N) is 1. The van der Waals surface area contributed by atoms with Gasteiger partial charge in [0.2, 0.25) is 0 Å². The van der Waals surface area contributed by atoms with Crippen LogP contribution < -0.4 is 15.2 Å². The molecule has 0 aliphatic heterocycles. The molecule has 2 aromatic rings. The van der Waals surface area contributed by atoms with Crippen LogP contribution in [0.15, 0.2) is 36.4 Å². The number of nitriles is 1. The lowest BCUT2D eigenvalue weighted by Crippen LogP contribution is -2.34. The molecule has 0 heterocycles. The minimum Gasteiger partial charge on any atom is -0.548 e. The predicted octanol–water partition coefficient (Wildman–Crippen LogP) is 2.02. The number of hydrogen-bond donors (Lipinski definition) is 1. The molecule has 1 unspecified atom stereocenters. The molecular weight excluding hydrogens is 360 g/mol. The van der Waals surface area contributed by atoms with Crippen molar-refractivity contribution in [2.45, 2.75) is 26.8 Å². The quantitative estimate of drug-likeness (QED) is 0.696. The number of rotatable bonds is 8. The Balaban J connectivity index is 2.35. The van der Waals surface area contributed by atoms with Crippen molar-refractivity contribution in [3.63, 3.8) is 0 Å². The van der Waals surface area contributed by atoms with Crippen LogP contribution in [0, 0.1) is 25.2 Å². The van der Waals surface area contributed by atoms with Crippen molar-refractivity contribution >= 4 is 17.6 Å². The largest absolute Gasteiger partial charge is 0.548 e. The second kappa shape index (κ2) is 9.42. The van der Waals surface area contributed by atoms with Gasteiger partial charge in [0.15, 0.2) is 6.61 Å². The highest BCUT2D eigenvalue weighted by Crippen LogP contribution is 2.31. The molecule has 7 nitrogen and oxygen atoms in total. The van der Waals surface area contributed by atoms with Crippen molar-refractivity contribution < 1.29 is 24.2 Å². The Labute approximate surface area is 163 Å². The molecule has 0 aliphatic rings. The number of anilines is 1. The molecule has 1 N–H and O–H groups in total. The second-order valence-corrected chi connectivity index (χ2v) is 6.15. The van der Waals surface area contributed by atoms with E-state index in [1.807, 2.05) is 19.9 Å². The number of esters is 1. The predicted molar refractivity (Wildman–Crippen MR) is 101 cm³/mol. The van der Waals surface area contributed by atoms with Crippen LogP contribution in [-0.4, -0.2) is 25.2 Å². The third-order valence-electron chi connectivity index (χ3n) is 4.15. The maximum absolute atomic E-state index is 11.8. The standard InChI is InChI=1S/C21H22N2O5/c1-4-27-19(24)12-28-18-10-14(3)13(2)9-17(18)20(21(25)26)23-16-7-5-15(11-22)6-8-16/h5-10,20,23H,4,12H2,1-3H3,(H,25,26)/p-1. The number of aliphatic carboxylic acids is 1. The molecule has 1 atom stereocenters. The maximum Gasteiger partial charge on any atom is 0.344 e. The van der Waals surface area contributed by atoms with Crippen molar-refractivity contribution in [2.75, 3.05) is 18.5 Å². The molecule has 2 rings (SSSR count). The Morgan fingerprint density at radius 1 is 1.18 bits per heavy atom. The van der Waals surface area contributed by atoms with E-state index in [0.717, 1.165) is 11.1 Å². The summed E-state index contributed by atoms with van der Waals surface area (Å²) in [6, 6.07) is 10.5. The van der Waals surface area contributed by atoms with Gasteiger partial charge < -0.3 is 24.7 Å². The summed E-state index contributed by atoms with van der Waals surface area (Å²) in [4.78, 5) is 23.5. The molecular formula is C21H21N2O5-. The van der Waals surface area contributed by atoms with Crippen molar-refractivity contribution in [2.24, 2.45) is 0 Å². The van der Waals surface area contributed by atoms with Gasteiger partial charge in [0, 0.05) is 11.3 Å². The number of carboxylic acid groups (broad SMARTS) is 1. The lowest BCUT2D eigenvalue weighted by molar-refractivity contribution is -0.307. The second-order valence-electron chi connectivity index (χ2n) is 6.15. The molecule has 28 heavy (non-hydrogen) atoms. The summed E-state index contributed by atoms with van der Waals surface area (Å²) in [7, 11) is 0. The van der Waals surface area contributed by atoms with Gasteiger partial charge >= 0.3 is 5.97 Å². The van der Waals surface area contributed by atoms with Crippen molar-refractivity contribution in [3.8, 4) is 11.8 Å². The van der Waals surface area contributed by atoms with E-state index in [2.05, 4.69) is 5.32 Å². The number of ether oxygens (including phenoxy) is 2. The van der Waals surface area contributed by atoms with E-state index >= 15 is 0 Å². The normalized spacial score (nSPS) is 11.2. The van der Waals surface area contributed by atoms with Crippen LogP contribution >= 0.6 is 0 Å². The van der Waals surface area contributed by atoms with Gasteiger partial charge in [-0.05, 0) is 68.3 Å². The molecule has 146 valence electrons. The minimum absolute atomic E-state index is 0.226. The summed E-state index contributed by atoms with van der Waals surface area (Å²) >= 11 is 0. The van der Waals surface area contributed by atoms with Crippen LogP contribution in [0.3, 0.4) is 0 Å². The SMILES string of the molecule is CCOC(=O)COc1cc(C)c(C)cc1C(Nc1ccc(C#N)cc1)C(=O)[O-]. The smallest absolute Gasteiger partial charge is 0.344 e. The molecule has 0 aromatic heterocycles. The van der Waals surface area contributed by atoms with Crippen LogP contribution in [0.25, 0.3) is 0 Å². The van der Waals surface area contributed by atoms with Crippen molar-refractivity contribution in [3.05, 3.63) is 58.7 Å². The zero-order valence-corrected chi connectivity index (χ0v) is 15.9. The molecule has 0 fully saturated rings. The van der Waals surface area contributed by atoms with E-state index in [0.29, 0.717) is 16.8 Å². The summed E-state index contributed by atoms with van der Waals surface area (Å²) < 4.78 is 10.4. The fraction of sp³-hybridized carbons (Fsp3) is 0.286. The van der Waals surface area contributed by atoms with Crippen molar-refractivity contribution in [1.82, 2.24) is 0 Å².